The minimum Gasteiger partial charge on any atom is -0.508 e. The lowest BCUT2D eigenvalue weighted by Gasteiger charge is -2.59. The average molecular weight is 511 g/mol. The van der Waals surface area contributed by atoms with Crippen molar-refractivity contribution in [2.45, 2.75) is 114 Å². The van der Waals surface area contributed by atoms with Crippen LogP contribution in [0.5, 0.6) is 11.5 Å². The minimum atomic E-state index is -1.21. The normalized spacial score (nSPS) is 34.6. The molecule has 37 heavy (non-hydrogen) atoms. The van der Waals surface area contributed by atoms with E-state index in [1.165, 1.54) is 32.1 Å². The molecular weight excluding hydrogens is 468 g/mol. The number of aromatic hydroxyl groups is 1. The quantitative estimate of drug-likeness (QED) is 0.349. The number of rotatable bonds is 5. The number of amides is 1. The summed E-state index contributed by atoms with van der Waals surface area (Å²) in [5, 5.41) is 37.9. The first kappa shape index (κ1) is 25.1. The first-order valence-electron chi connectivity index (χ1n) is 14.4. The van der Waals surface area contributed by atoms with E-state index >= 15 is 0 Å². The van der Waals surface area contributed by atoms with E-state index in [2.05, 4.69) is 10.2 Å². The fourth-order valence-corrected chi connectivity index (χ4v) is 7.78. The van der Waals surface area contributed by atoms with Crippen molar-refractivity contribution in [1.82, 2.24) is 10.2 Å². The predicted molar refractivity (Wildman–Crippen MR) is 141 cm³/mol. The number of hydrogen-bond acceptors (Lipinski definition) is 6. The van der Waals surface area contributed by atoms with E-state index in [1.807, 2.05) is 13.0 Å². The molecule has 3 aliphatic carbocycles. The summed E-state index contributed by atoms with van der Waals surface area (Å²) >= 11 is 0. The van der Waals surface area contributed by atoms with Crippen molar-refractivity contribution in [3.63, 3.8) is 0 Å². The second-order valence-corrected chi connectivity index (χ2v) is 12.5. The third-order valence-corrected chi connectivity index (χ3v) is 10.2. The Morgan fingerprint density at radius 3 is 2.54 bits per heavy atom. The molecule has 4 atom stereocenters. The smallest absolute Gasteiger partial charge is 0.250 e. The lowest BCUT2D eigenvalue weighted by Crippen LogP contribution is -2.73. The van der Waals surface area contributed by atoms with Crippen LogP contribution in [0.3, 0.4) is 0 Å². The zero-order valence-corrected chi connectivity index (χ0v) is 22.3. The van der Waals surface area contributed by atoms with Gasteiger partial charge in [-0.2, -0.15) is 0 Å². The highest BCUT2D eigenvalue weighted by Crippen LogP contribution is 2.63. The average Bonchev–Trinajstić information content (AvgIpc) is 3.59. The number of carbonyl (C=O) groups excluding carboxylic acids is 1. The van der Waals surface area contributed by atoms with Gasteiger partial charge in [0.1, 0.15) is 5.76 Å². The Kier molecular flexibility index (Phi) is 6.22. The highest BCUT2D eigenvalue weighted by Gasteiger charge is 2.69. The van der Waals surface area contributed by atoms with Gasteiger partial charge in [-0.1, -0.05) is 38.2 Å². The molecule has 1 amide bonds. The van der Waals surface area contributed by atoms with Gasteiger partial charge in [-0.3, -0.25) is 9.69 Å². The van der Waals surface area contributed by atoms with Gasteiger partial charge < -0.3 is 25.4 Å². The van der Waals surface area contributed by atoms with Gasteiger partial charge in [-0.05, 0) is 76.5 Å². The minimum absolute atomic E-state index is 0.0136. The first-order valence-corrected chi connectivity index (χ1v) is 14.4. The number of ether oxygens (including phenoxy) is 1. The van der Waals surface area contributed by atoms with Crippen LogP contribution in [0.4, 0.5) is 0 Å². The molecule has 7 heteroatoms. The Morgan fingerprint density at radius 1 is 1.14 bits per heavy atom. The van der Waals surface area contributed by atoms with Crippen LogP contribution < -0.4 is 10.1 Å². The predicted octanol–water partition coefficient (Wildman–Crippen LogP) is 4.24. The largest absolute Gasteiger partial charge is 0.508 e. The lowest BCUT2D eigenvalue weighted by atomic mass is 9.53. The number of benzene rings is 1. The second kappa shape index (κ2) is 9.19. The van der Waals surface area contributed by atoms with Crippen molar-refractivity contribution in [1.29, 1.82) is 0 Å². The van der Waals surface area contributed by atoms with E-state index in [9.17, 15) is 20.1 Å². The Balaban J connectivity index is 1.35. The van der Waals surface area contributed by atoms with E-state index < -0.39 is 17.1 Å². The standard InChI is InChI=1S/C30H42N2O5/c1-18(28(35)31-21-8-6-4-3-5-7-9-21)25(34)27-30-14-15-32(17-19-10-11-19)23(29(30,2)36)16-20-12-13-22(33)26(37-27)24(20)30/h12-13,19,21,23,27,33-34,36H,3-11,14-17H2,1-2H3,(H,31,35)/b25-18-/t23-,27+,29-,30+/m1/s1. The molecule has 1 aromatic carbocycles. The molecule has 4 N–H and O–H groups in total. The van der Waals surface area contributed by atoms with Crippen LogP contribution in [0.1, 0.15) is 89.2 Å². The number of nitrogens with zero attached hydrogens (tertiary/aromatic N) is 1. The van der Waals surface area contributed by atoms with Crippen molar-refractivity contribution >= 4 is 5.91 Å². The maximum Gasteiger partial charge on any atom is 0.250 e. The van der Waals surface area contributed by atoms with Crippen LogP contribution in [0.25, 0.3) is 0 Å². The van der Waals surface area contributed by atoms with E-state index in [0.717, 1.165) is 49.9 Å². The number of aliphatic hydroxyl groups is 2. The van der Waals surface area contributed by atoms with Crippen molar-refractivity contribution in [2.24, 2.45) is 5.92 Å². The van der Waals surface area contributed by atoms with E-state index in [1.54, 1.807) is 13.0 Å². The summed E-state index contributed by atoms with van der Waals surface area (Å²) in [6.45, 7) is 5.28. The molecule has 0 unspecified atom stereocenters. The number of piperidine rings is 1. The molecular formula is C30H42N2O5. The molecule has 202 valence electrons. The molecule has 7 nitrogen and oxygen atoms in total. The summed E-state index contributed by atoms with van der Waals surface area (Å²) in [7, 11) is 0. The Bertz CT molecular complexity index is 1100. The third kappa shape index (κ3) is 3.95. The van der Waals surface area contributed by atoms with Gasteiger partial charge >= 0.3 is 0 Å². The third-order valence-electron chi connectivity index (χ3n) is 10.2. The van der Waals surface area contributed by atoms with Crippen molar-refractivity contribution in [3.8, 4) is 11.5 Å². The first-order chi connectivity index (χ1) is 17.7. The Hall–Kier alpha value is -2.25. The summed E-state index contributed by atoms with van der Waals surface area (Å²) < 4.78 is 6.35. The van der Waals surface area contributed by atoms with E-state index in [-0.39, 0.29) is 35.1 Å². The fraction of sp³-hybridized carbons (Fsp3) is 0.700. The molecule has 0 radical (unpaired) electrons. The number of phenols is 1. The zero-order chi connectivity index (χ0) is 25.9. The van der Waals surface area contributed by atoms with Gasteiger partial charge in [0.2, 0.25) is 0 Å². The maximum absolute atomic E-state index is 13.3. The van der Waals surface area contributed by atoms with Crippen molar-refractivity contribution < 1.29 is 24.9 Å². The lowest BCUT2D eigenvalue weighted by molar-refractivity contribution is -0.153. The molecule has 2 saturated carbocycles. The molecule has 5 aliphatic rings. The van der Waals surface area contributed by atoms with Crippen LogP contribution >= 0.6 is 0 Å². The van der Waals surface area contributed by atoms with Crippen molar-refractivity contribution in [2.75, 3.05) is 13.1 Å². The Morgan fingerprint density at radius 2 is 1.84 bits per heavy atom. The van der Waals surface area contributed by atoms with Crippen LogP contribution in [0, 0.1) is 5.92 Å². The number of fused-ring (bicyclic) bond motifs is 1. The second-order valence-electron chi connectivity index (χ2n) is 12.5. The maximum atomic E-state index is 13.3. The molecule has 1 saturated heterocycles. The number of likely N-dealkylation sites (tertiary alicyclic amines) is 1. The number of phenolic OH excluding ortho intramolecular Hbond substituents is 1. The molecule has 2 bridgehead atoms. The number of aliphatic hydroxyl groups excluding tert-OH is 1. The van der Waals surface area contributed by atoms with Gasteiger partial charge in [0, 0.05) is 24.2 Å². The topological polar surface area (TPSA) is 102 Å². The number of carbonyl (C=O) groups is 1. The monoisotopic (exact) mass is 510 g/mol. The van der Waals surface area contributed by atoms with Crippen LogP contribution in [-0.2, 0) is 16.6 Å². The molecule has 2 heterocycles. The molecule has 3 fully saturated rings. The van der Waals surface area contributed by atoms with Gasteiger partial charge in [0.25, 0.3) is 5.91 Å². The summed E-state index contributed by atoms with van der Waals surface area (Å²) in [5.74, 6) is 0.643. The molecule has 0 aromatic heterocycles. The summed E-state index contributed by atoms with van der Waals surface area (Å²) in [6.07, 6.45) is 10.6. The fourth-order valence-electron chi connectivity index (χ4n) is 7.78. The van der Waals surface area contributed by atoms with Crippen molar-refractivity contribution in [3.05, 3.63) is 34.6 Å². The molecule has 1 spiro atoms. The SMILES string of the molecule is C/C(C(=O)NC1CCCCCCC1)=C(/O)[C@@H]1Oc2c(O)ccc3c2[C@@]12CCN(CC1CC1)[C@H](C3)[C@@]2(C)O. The van der Waals surface area contributed by atoms with Gasteiger partial charge in [0.05, 0.1) is 16.6 Å². The van der Waals surface area contributed by atoms with Gasteiger partial charge in [-0.15, -0.1) is 0 Å². The summed E-state index contributed by atoms with van der Waals surface area (Å²) in [6, 6.07) is 3.58. The number of hydrogen-bond donors (Lipinski definition) is 4. The summed E-state index contributed by atoms with van der Waals surface area (Å²) in [5.41, 5.74) is -0.0539. The Labute approximate surface area is 219 Å². The van der Waals surface area contributed by atoms with Crippen LogP contribution in [0.2, 0.25) is 0 Å². The van der Waals surface area contributed by atoms with Crippen LogP contribution in [-0.4, -0.2) is 63.0 Å². The van der Waals surface area contributed by atoms with Crippen LogP contribution in [0.15, 0.2) is 23.5 Å². The summed E-state index contributed by atoms with van der Waals surface area (Å²) in [4.78, 5) is 15.8. The zero-order valence-electron chi connectivity index (χ0n) is 22.3. The molecule has 1 aromatic rings. The highest BCUT2D eigenvalue weighted by molar-refractivity contribution is 5.93. The van der Waals surface area contributed by atoms with Gasteiger partial charge in [0.15, 0.2) is 17.6 Å². The highest BCUT2D eigenvalue weighted by atomic mass is 16.5. The van der Waals surface area contributed by atoms with Gasteiger partial charge in [-0.25, -0.2) is 0 Å². The molecule has 6 rings (SSSR count). The number of nitrogens with one attached hydrogen (secondary N) is 1. The van der Waals surface area contributed by atoms with E-state index in [4.69, 9.17) is 4.74 Å². The molecule has 2 aliphatic heterocycles. The van der Waals surface area contributed by atoms with E-state index in [0.29, 0.717) is 24.5 Å².